The summed E-state index contributed by atoms with van der Waals surface area (Å²) in [4.78, 5) is 29.6. The first kappa shape index (κ1) is 21.7. The number of methoxy groups -OCH3 is 1. The van der Waals surface area contributed by atoms with E-state index in [0.717, 1.165) is 5.56 Å². The monoisotopic (exact) mass is 467 g/mol. The number of hydrogen-bond donors (Lipinski definition) is 2. The minimum atomic E-state index is -0.477. The van der Waals surface area contributed by atoms with Crippen molar-refractivity contribution >= 4 is 39.6 Å². The zero-order chi connectivity index (χ0) is 22.5. The van der Waals surface area contributed by atoms with E-state index in [0.29, 0.717) is 33.4 Å². The van der Waals surface area contributed by atoms with Gasteiger partial charge in [0.25, 0.3) is 11.8 Å². The number of hydrogen-bond acceptors (Lipinski definition) is 6. The van der Waals surface area contributed by atoms with E-state index >= 15 is 0 Å². The fourth-order valence-corrected chi connectivity index (χ4v) is 4.26. The molecule has 0 aliphatic carbocycles. The van der Waals surface area contributed by atoms with Crippen LogP contribution in [0.5, 0.6) is 5.75 Å². The fraction of sp³-hybridized carbons (Fsp3) is 0.0870. The van der Waals surface area contributed by atoms with Crippen molar-refractivity contribution in [2.24, 2.45) is 0 Å². The highest BCUT2D eigenvalue weighted by Crippen LogP contribution is 2.28. The molecule has 2 aromatic heterocycles. The van der Waals surface area contributed by atoms with Crippen LogP contribution in [0.3, 0.4) is 0 Å². The predicted octanol–water partition coefficient (Wildman–Crippen LogP) is 5.20. The van der Waals surface area contributed by atoms with Crippen LogP contribution in [0.15, 0.2) is 65.4 Å². The molecule has 0 unspecified atom stereocenters. The van der Waals surface area contributed by atoms with Gasteiger partial charge in [-0.3, -0.25) is 14.9 Å². The summed E-state index contributed by atoms with van der Waals surface area (Å²) < 4.78 is 18.9. The van der Waals surface area contributed by atoms with Gasteiger partial charge in [-0.1, -0.05) is 18.2 Å². The van der Waals surface area contributed by atoms with E-state index in [-0.39, 0.29) is 17.6 Å². The number of carbonyl (C=O) groups is 2. The van der Waals surface area contributed by atoms with Crippen LogP contribution in [0.25, 0.3) is 11.3 Å². The quantitative estimate of drug-likeness (QED) is 0.391. The number of aromatic nitrogens is 1. The Morgan fingerprint density at radius 2 is 1.88 bits per heavy atom. The largest absolute Gasteiger partial charge is 0.494 e. The Labute approximate surface area is 191 Å². The molecule has 0 saturated heterocycles. The van der Waals surface area contributed by atoms with Gasteiger partial charge in [-0.15, -0.1) is 22.7 Å². The molecule has 4 rings (SSSR count). The number of thiazole rings is 1. The Hall–Kier alpha value is -3.56. The van der Waals surface area contributed by atoms with Crippen molar-refractivity contribution < 1.29 is 18.7 Å². The third-order valence-electron chi connectivity index (χ3n) is 4.59. The van der Waals surface area contributed by atoms with E-state index in [1.54, 1.807) is 41.8 Å². The third kappa shape index (κ3) is 5.01. The summed E-state index contributed by atoms with van der Waals surface area (Å²) in [5.41, 5.74) is 2.49. The van der Waals surface area contributed by atoms with Gasteiger partial charge >= 0.3 is 0 Å². The van der Waals surface area contributed by atoms with Crippen LogP contribution in [0.1, 0.15) is 25.6 Å². The highest BCUT2D eigenvalue weighted by Gasteiger charge is 2.12. The number of ether oxygens (including phenoxy) is 1. The summed E-state index contributed by atoms with van der Waals surface area (Å²) in [6.07, 6.45) is 0. The summed E-state index contributed by atoms with van der Waals surface area (Å²) in [7, 11) is 1.41. The second-order valence-electron chi connectivity index (χ2n) is 6.70. The van der Waals surface area contributed by atoms with Crippen molar-refractivity contribution in [2.45, 2.75) is 6.54 Å². The molecule has 2 heterocycles. The highest BCUT2D eigenvalue weighted by atomic mass is 32.1. The lowest BCUT2D eigenvalue weighted by atomic mass is 10.1. The number of thiophene rings is 1. The fourth-order valence-electron chi connectivity index (χ4n) is 2.91. The maximum absolute atomic E-state index is 13.9. The Balaban J connectivity index is 1.36. The van der Waals surface area contributed by atoms with Gasteiger partial charge in [0.2, 0.25) is 0 Å². The van der Waals surface area contributed by atoms with E-state index in [2.05, 4.69) is 15.6 Å². The normalized spacial score (nSPS) is 10.6. The maximum Gasteiger partial charge on any atom is 0.261 e. The number of anilines is 1. The number of benzene rings is 2. The molecule has 6 nitrogen and oxygen atoms in total. The van der Waals surface area contributed by atoms with Crippen molar-refractivity contribution in [1.82, 2.24) is 10.3 Å². The molecule has 0 aliphatic rings. The van der Waals surface area contributed by atoms with Crippen LogP contribution in [-0.2, 0) is 6.54 Å². The molecule has 0 radical (unpaired) electrons. The lowest BCUT2D eigenvalue weighted by Gasteiger charge is -2.06. The summed E-state index contributed by atoms with van der Waals surface area (Å²) in [6, 6.07) is 15.1. The molecule has 0 atom stereocenters. The number of carbonyl (C=O) groups excluding carboxylic acids is 2. The first-order valence-electron chi connectivity index (χ1n) is 9.55. The van der Waals surface area contributed by atoms with Crippen LogP contribution in [-0.4, -0.2) is 23.9 Å². The first-order valence-corrected chi connectivity index (χ1v) is 11.3. The van der Waals surface area contributed by atoms with E-state index < -0.39 is 5.82 Å². The predicted molar refractivity (Wildman–Crippen MR) is 124 cm³/mol. The molecule has 2 amide bonds. The zero-order valence-electron chi connectivity index (χ0n) is 16.9. The minimum Gasteiger partial charge on any atom is -0.494 e. The number of rotatable bonds is 7. The number of amides is 2. The number of nitrogens with one attached hydrogen (secondary N) is 2. The molecular formula is C23H18FN3O3S2. The van der Waals surface area contributed by atoms with Gasteiger partial charge in [0.15, 0.2) is 16.7 Å². The van der Waals surface area contributed by atoms with Gasteiger partial charge in [0, 0.05) is 23.1 Å². The molecule has 0 spiro atoms. The van der Waals surface area contributed by atoms with Gasteiger partial charge in [0.1, 0.15) is 0 Å². The molecule has 32 heavy (non-hydrogen) atoms. The van der Waals surface area contributed by atoms with Gasteiger partial charge in [-0.2, -0.15) is 0 Å². The van der Waals surface area contributed by atoms with Crippen LogP contribution in [0.2, 0.25) is 0 Å². The molecule has 4 aromatic rings. The third-order valence-corrected chi connectivity index (χ3v) is 6.21. The van der Waals surface area contributed by atoms with E-state index in [4.69, 9.17) is 4.74 Å². The van der Waals surface area contributed by atoms with Crippen molar-refractivity contribution in [3.63, 3.8) is 0 Å². The van der Waals surface area contributed by atoms with Crippen LogP contribution in [0.4, 0.5) is 9.52 Å². The molecule has 9 heteroatoms. The molecule has 0 fully saturated rings. The van der Waals surface area contributed by atoms with Crippen molar-refractivity contribution in [2.75, 3.05) is 12.4 Å². The Bertz CT molecular complexity index is 1240. The minimum absolute atomic E-state index is 0.127. The van der Waals surface area contributed by atoms with Crippen LogP contribution in [0, 0.1) is 5.82 Å². The number of nitrogens with zero attached hydrogens (tertiary/aromatic N) is 1. The Morgan fingerprint density at radius 3 is 2.56 bits per heavy atom. The van der Waals surface area contributed by atoms with Crippen LogP contribution < -0.4 is 15.4 Å². The highest BCUT2D eigenvalue weighted by molar-refractivity contribution is 7.14. The molecule has 0 saturated carbocycles. The van der Waals surface area contributed by atoms with E-state index in [9.17, 15) is 14.0 Å². The molecule has 162 valence electrons. The van der Waals surface area contributed by atoms with E-state index in [1.165, 1.54) is 41.9 Å². The summed E-state index contributed by atoms with van der Waals surface area (Å²) >= 11 is 2.63. The van der Waals surface area contributed by atoms with Gasteiger partial charge in [-0.25, -0.2) is 9.37 Å². The smallest absolute Gasteiger partial charge is 0.261 e. The number of halogens is 1. The van der Waals surface area contributed by atoms with E-state index in [1.807, 2.05) is 11.4 Å². The average Bonchev–Trinajstić information content (AvgIpc) is 3.50. The van der Waals surface area contributed by atoms with Gasteiger partial charge in [-0.05, 0) is 47.3 Å². The zero-order valence-corrected chi connectivity index (χ0v) is 18.6. The maximum atomic E-state index is 13.9. The van der Waals surface area contributed by atoms with Gasteiger partial charge in [0.05, 0.1) is 17.7 Å². The summed E-state index contributed by atoms with van der Waals surface area (Å²) in [5.74, 6) is -0.749. The second kappa shape index (κ2) is 9.71. The van der Waals surface area contributed by atoms with Crippen molar-refractivity contribution in [3.8, 4) is 17.0 Å². The molecule has 0 bridgehead atoms. The topological polar surface area (TPSA) is 80.3 Å². The van der Waals surface area contributed by atoms with Crippen molar-refractivity contribution in [3.05, 3.63) is 87.2 Å². The second-order valence-corrected chi connectivity index (χ2v) is 8.50. The summed E-state index contributed by atoms with van der Waals surface area (Å²) in [6.45, 7) is 0.368. The molecule has 2 aromatic carbocycles. The standard InChI is InChI=1S/C23H18FN3O3S2/c1-30-19-9-8-16(11-17(19)24)18-13-32-23(26-18)27-21(28)15-6-4-14(5-7-15)12-25-22(29)20-3-2-10-31-20/h2-11,13H,12H2,1H3,(H,25,29)(H,26,27,28). The van der Waals surface area contributed by atoms with Crippen LogP contribution >= 0.6 is 22.7 Å². The molecular weight excluding hydrogens is 449 g/mol. The Kier molecular flexibility index (Phi) is 6.58. The van der Waals surface area contributed by atoms with Crippen molar-refractivity contribution in [1.29, 1.82) is 0 Å². The molecule has 0 aliphatic heterocycles. The lowest BCUT2D eigenvalue weighted by molar-refractivity contribution is 0.0953. The Morgan fingerprint density at radius 1 is 1.06 bits per heavy atom. The SMILES string of the molecule is COc1ccc(-c2csc(NC(=O)c3ccc(CNC(=O)c4cccs4)cc3)n2)cc1F. The van der Waals surface area contributed by atoms with Gasteiger partial charge < -0.3 is 10.1 Å². The lowest BCUT2D eigenvalue weighted by Crippen LogP contribution is -2.21. The summed E-state index contributed by atoms with van der Waals surface area (Å²) in [5, 5.41) is 9.61. The molecule has 2 N–H and O–H groups in total. The average molecular weight is 468 g/mol. The first-order chi connectivity index (χ1) is 15.5.